The fourth-order valence-corrected chi connectivity index (χ4v) is 3.54. The largest absolute Gasteiger partial charge is 0.356 e. The van der Waals surface area contributed by atoms with Gasteiger partial charge >= 0.3 is 0 Å². The molecule has 0 aliphatic carbocycles. The van der Waals surface area contributed by atoms with Crippen molar-refractivity contribution in [3.63, 3.8) is 0 Å². The minimum absolute atomic E-state index is 0.00362. The molecular weight excluding hydrogens is 400 g/mol. The molecule has 1 unspecified atom stereocenters. The first-order valence-electron chi connectivity index (χ1n) is 11.3. The van der Waals surface area contributed by atoms with Crippen LogP contribution in [0.4, 0.5) is 5.69 Å². The van der Waals surface area contributed by atoms with Gasteiger partial charge in [-0.2, -0.15) is 0 Å². The van der Waals surface area contributed by atoms with Gasteiger partial charge < -0.3 is 20.5 Å². The van der Waals surface area contributed by atoms with Crippen LogP contribution in [0.2, 0.25) is 0 Å². The highest BCUT2D eigenvalue weighted by Gasteiger charge is 2.11. The molecule has 170 valence electrons. The Labute approximate surface area is 190 Å². The zero-order valence-electron chi connectivity index (χ0n) is 19.5. The van der Waals surface area contributed by atoms with Crippen molar-refractivity contribution in [1.29, 1.82) is 0 Å². The highest BCUT2D eigenvalue weighted by molar-refractivity contribution is 5.92. The van der Waals surface area contributed by atoms with E-state index in [1.165, 1.54) is 5.52 Å². The molecule has 0 radical (unpaired) electrons. The van der Waals surface area contributed by atoms with E-state index in [-0.39, 0.29) is 11.8 Å². The van der Waals surface area contributed by atoms with Crippen LogP contribution in [-0.4, -0.2) is 35.0 Å². The van der Waals surface area contributed by atoms with Gasteiger partial charge in [-0.25, -0.2) is 4.98 Å². The van der Waals surface area contributed by atoms with Crippen molar-refractivity contribution in [2.75, 3.05) is 18.9 Å². The number of rotatable bonds is 9. The first-order valence-corrected chi connectivity index (χ1v) is 11.3. The minimum atomic E-state index is 0.00362. The Morgan fingerprint density at radius 1 is 1.16 bits per heavy atom. The van der Waals surface area contributed by atoms with Gasteiger partial charge in [0.05, 0.1) is 11.0 Å². The maximum absolute atomic E-state index is 12.1. The number of carbonyl (C=O) groups excluding carboxylic acids is 1. The maximum Gasteiger partial charge on any atom is 0.227 e. The lowest BCUT2D eigenvalue weighted by atomic mass is 10.1. The molecule has 0 saturated carbocycles. The molecule has 3 aromatic rings. The molecule has 0 saturated heterocycles. The third kappa shape index (κ3) is 6.09. The van der Waals surface area contributed by atoms with E-state index in [1.807, 2.05) is 57.2 Å². The number of imidazole rings is 1. The van der Waals surface area contributed by atoms with Crippen LogP contribution < -0.4 is 16.0 Å². The molecule has 7 nitrogen and oxygen atoms in total. The number of nitrogens with one attached hydrogen (secondary N) is 3. The average Bonchev–Trinajstić information content (AvgIpc) is 3.13. The SMILES string of the molecule is CCC(C)C(=O)Nc1cccc(CNC(=NC)NCCCn2c(C)nc3ccccc32)c1. The molecule has 0 fully saturated rings. The van der Waals surface area contributed by atoms with E-state index in [1.54, 1.807) is 7.05 Å². The smallest absolute Gasteiger partial charge is 0.227 e. The van der Waals surface area contributed by atoms with E-state index < -0.39 is 0 Å². The number of aliphatic imine (C=N–C) groups is 1. The topological polar surface area (TPSA) is 83.3 Å². The number of anilines is 1. The van der Waals surface area contributed by atoms with Gasteiger partial charge in [-0.3, -0.25) is 9.79 Å². The van der Waals surface area contributed by atoms with Gasteiger partial charge in [0.25, 0.3) is 0 Å². The predicted octanol–water partition coefficient (Wildman–Crippen LogP) is 4.08. The normalized spacial score (nSPS) is 12.6. The van der Waals surface area contributed by atoms with Gasteiger partial charge in [-0.05, 0) is 49.6 Å². The number of benzene rings is 2. The van der Waals surface area contributed by atoms with E-state index >= 15 is 0 Å². The number of carbonyl (C=O) groups is 1. The fraction of sp³-hybridized carbons (Fsp3) is 0.400. The Balaban J connectivity index is 1.46. The van der Waals surface area contributed by atoms with Crippen molar-refractivity contribution < 1.29 is 4.79 Å². The van der Waals surface area contributed by atoms with E-state index in [0.29, 0.717) is 6.54 Å². The van der Waals surface area contributed by atoms with Gasteiger partial charge in [-0.1, -0.05) is 38.1 Å². The molecule has 1 atom stereocenters. The Hall–Kier alpha value is -3.35. The van der Waals surface area contributed by atoms with Gasteiger partial charge in [0.15, 0.2) is 5.96 Å². The molecule has 0 bridgehead atoms. The number of fused-ring (bicyclic) bond motifs is 1. The summed E-state index contributed by atoms with van der Waals surface area (Å²) in [4.78, 5) is 21.1. The molecule has 1 aromatic heterocycles. The first-order chi connectivity index (χ1) is 15.5. The average molecular weight is 435 g/mol. The summed E-state index contributed by atoms with van der Waals surface area (Å²) in [5.74, 6) is 1.85. The van der Waals surface area contributed by atoms with Gasteiger partial charge in [0, 0.05) is 38.3 Å². The molecular formula is C25H34N6O. The number of nitrogens with zero attached hydrogens (tertiary/aromatic N) is 3. The molecule has 0 aliphatic rings. The van der Waals surface area contributed by atoms with Crippen LogP contribution in [0.3, 0.4) is 0 Å². The summed E-state index contributed by atoms with van der Waals surface area (Å²) in [5, 5.41) is 9.70. The maximum atomic E-state index is 12.1. The van der Waals surface area contributed by atoms with Crippen molar-refractivity contribution in [1.82, 2.24) is 20.2 Å². The van der Waals surface area contributed by atoms with Crippen molar-refractivity contribution in [3.05, 3.63) is 59.9 Å². The quantitative estimate of drug-likeness (QED) is 0.269. The molecule has 1 amide bonds. The third-order valence-electron chi connectivity index (χ3n) is 5.63. The zero-order chi connectivity index (χ0) is 22.9. The van der Waals surface area contributed by atoms with Crippen molar-refractivity contribution >= 4 is 28.6 Å². The number of hydrogen-bond acceptors (Lipinski definition) is 3. The van der Waals surface area contributed by atoms with Crippen LogP contribution >= 0.6 is 0 Å². The zero-order valence-corrected chi connectivity index (χ0v) is 19.5. The van der Waals surface area contributed by atoms with E-state index in [9.17, 15) is 4.79 Å². The number of para-hydroxylation sites is 2. The molecule has 1 heterocycles. The second-order valence-corrected chi connectivity index (χ2v) is 8.00. The monoisotopic (exact) mass is 434 g/mol. The van der Waals surface area contributed by atoms with E-state index in [4.69, 9.17) is 0 Å². The minimum Gasteiger partial charge on any atom is -0.356 e. The van der Waals surface area contributed by atoms with Crippen LogP contribution in [0.1, 0.15) is 38.1 Å². The van der Waals surface area contributed by atoms with E-state index in [2.05, 4.69) is 42.6 Å². The Bertz CT molecular complexity index is 1070. The van der Waals surface area contributed by atoms with Crippen LogP contribution in [0.15, 0.2) is 53.5 Å². The summed E-state index contributed by atoms with van der Waals surface area (Å²) in [5.41, 5.74) is 4.11. The Kier molecular flexibility index (Phi) is 8.25. The van der Waals surface area contributed by atoms with Crippen LogP contribution in [-0.2, 0) is 17.9 Å². The van der Waals surface area contributed by atoms with Crippen molar-refractivity contribution in [2.24, 2.45) is 10.9 Å². The summed E-state index contributed by atoms with van der Waals surface area (Å²) in [6, 6.07) is 16.1. The second kappa shape index (κ2) is 11.3. The fourth-order valence-electron chi connectivity index (χ4n) is 3.54. The van der Waals surface area contributed by atoms with Crippen molar-refractivity contribution in [2.45, 2.75) is 46.7 Å². The van der Waals surface area contributed by atoms with Gasteiger partial charge in [-0.15, -0.1) is 0 Å². The molecule has 3 rings (SSSR count). The molecule has 0 aliphatic heterocycles. The highest BCUT2D eigenvalue weighted by Crippen LogP contribution is 2.16. The summed E-state index contributed by atoms with van der Waals surface area (Å²) in [6.45, 7) is 8.32. The lowest BCUT2D eigenvalue weighted by molar-refractivity contribution is -0.119. The molecule has 32 heavy (non-hydrogen) atoms. The molecule has 2 aromatic carbocycles. The standard InChI is InChI=1S/C25H34N6O/c1-5-18(2)24(32)30-21-11-8-10-20(16-21)17-28-25(26-4)27-14-9-15-31-19(3)29-22-12-6-7-13-23(22)31/h6-8,10-13,16,18H,5,9,14-15,17H2,1-4H3,(H,30,32)(H2,26,27,28). The lowest BCUT2D eigenvalue weighted by Gasteiger charge is -2.14. The summed E-state index contributed by atoms with van der Waals surface area (Å²) < 4.78 is 2.26. The number of guanidine groups is 1. The number of hydrogen-bond donors (Lipinski definition) is 3. The Morgan fingerprint density at radius 3 is 2.75 bits per heavy atom. The van der Waals surface area contributed by atoms with Crippen LogP contribution in [0.25, 0.3) is 11.0 Å². The van der Waals surface area contributed by atoms with E-state index in [0.717, 1.165) is 54.5 Å². The number of aryl methyl sites for hydroxylation is 2. The van der Waals surface area contributed by atoms with Gasteiger partial charge in [0.2, 0.25) is 5.91 Å². The summed E-state index contributed by atoms with van der Waals surface area (Å²) in [6.07, 6.45) is 1.78. The van der Waals surface area contributed by atoms with Crippen LogP contribution in [0.5, 0.6) is 0 Å². The Morgan fingerprint density at radius 2 is 1.97 bits per heavy atom. The second-order valence-electron chi connectivity index (χ2n) is 8.00. The predicted molar refractivity (Wildman–Crippen MR) is 132 cm³/mol. The first kappa shape index (κ1) is 23.3. The molecule has 3 N–H and O–H groups in total. The summed E-state index contributed by atoms with van der Waals surface area (Å²) >= 11 is 0. The van der Waals surface area contributed by atoms with Crippen LogP contribution in [0, 0.1) is 12.8 Å². The molecule has 7 heteroatoms. The highest BCUT2D eigenvalue weighted by atomic mass is 16.1. The summed E-state index contributed by atoms with van der Waals surface area (Å²) in [7, 11) is 1.77. The van der Waals surface area contributed by atoms with Crippen molar-refractivity contribution in [3.8, 4) is 0 Å². The molecule has 0 spiro atoms. The third-order valence-corrected chi connectivity index (χ3v) is 5.63. The number of amides is 1. The number of aromatic nitrogens is 2. The van der Waals surface area contributed by atoms with Gasteiger partial charge in [0.1, 0.15) is 5.82 Å². The lowest BCUT2D eigenvalue weighted by Crippen LogP contribution is -2.37.